The van der Waals surface area contributed by atoms with Gasteiger partial charge in [0.2, 0.25) is 10.0 Å². The number of rotatable bonds is 6. The third-order valence-corrected chi connectivity index (χ3v) is 6.31. The maximum atomic E-state index is 12.6. The van der Waals surface area contributed by atoms with E-state index >= 15 is 0 Å². The van der Waals surface area contributed by atoms with Crippen LogP contribution >= 0.6 is 0 Å². The first-order valence-corrected chi connectivity index (χ1v) is 9.51. The zero-order valence-corrected chi connectivity index (χ0v) is 15.1. The number of carboxylic acids is 1. The number of aliphatic carboxylic acids is 1. The number of nitrogens with zero attached hydrogens (tertiary/aromatic N) is 2. The Kier molecular flexibility index (Phi) is 6.30. The highest BCUT2D eigenvalue weighted by molar-refractivity contribution is 7.89. The van der Waals surface area contributed by atoms with Gasteiger partial charge in [-0.1, -0.05) is 12.1 Å². The van der Waals surface area contributed by atoms with Crippen LogP contribution in [0.5, 0.6) is 0 Å². The van der Waals surface area contributed by atoms with Gasteiger partial charge in [0.05, 0.1) is 17.9 Å². The maximum absolute atomic E-state index is 12.6. The first-order chi connectivity index (χ1) is 12.0. The average Bonchev–Trinajstić information content (AvgIpc) is 2.53. The number of benzene rings is 1. The highest BCUT2D eigenvalue weighted by Crippen LogP contribution is 2.25. The number of piperidine rings is 1. The average molecular weight is 394 g/mol. The molecule has 0 unspecified atom stereocenters. The smallest absolute Gasteiger partial charge is 0.393 e. The van der Waals surface area contributed by atoms with Crippen molar-refractivity contribution in [3.05, 3.63) is 29.8 Å². The Morgan fingerprint density at radius 2 is 1.77 bits per heavy atom. The van der Waals surface area contributed by atoms with Crippen LogP contribution in [0.1, 0.15) is 18.4 Å². The second kappa shape index (κ2) is 7.93. The van der Waals surface area contributed by atoms with E-state index in [1.807, 2.05) is 0 Å². The third kappa shape index (κ3) is 5.42. The van der Waals surface area contributed by atoms with Crippen LogP contribution in [-0.2, 0) is 21.2 Å². The molecule has 1 aromatic rings. The van der Waals surface area contributed by atoms with Gasteiger partial charge < -0.3 is 5.11 Å². The van der Waals surface area contributed by atoms with Crippen molar-refractivity contribution in [3.8, 4) is 0 Å². The molecular formula is C16H21F3N2O4S. The van der Waals surface area contributed by atoms with Gasteiger partial charge in [-0.05, 0) is 37.6 Å². The van der Waals surface area contributed by atoms with Crippen molar-refractivity contribution in [1.82, 2.24) is 9.21 Å². The van der Waals surface area contributed by atoms with E-state index in [9.17, 15) is 26.4 Å². The van der Waals surface area contributed by atoms with Crippen molar-refractivity contribution in [2.45, 2.75) is 36.4 Å². The summed E-state index contributed by atoms with van der Waals surface area (Å²) in [6.45, 7) is 0.362. The van der Waals surface area contributed by atoms with E-state index in [1.54, 1.807) is 11.9 Å². The summed E-state index contributed by atoms with van der Waals surface area (Å²) in [5, 5.41) is 8.82. The molecule has 0 spiro atoms. The monoisotopic (exact) mass is 394 g/mol. The van der Waals surface area contributed by atoms with Gasteiger partial charge in [-0.25, -0.2) is 8.42 Å². The summed E-state index contributed by atoms with van der Waals surface area (Å²) >= 11 is 0. The Bertz CT molecular complexity index is 727. The van der Waals surface area contributed by atoms with E-state index < -0.39 is 28.6 Å². The van der Waals surface area contributed by atoms with E-state index in [1.165, 1.54) is 28.6 Å². The first-order valence-electron chi connectivity index (χ1n) is 8.07. The van der Waals surface area contributed by atoms with E-state index in [-0.39, 0.29) is 36.1 Å². The van der Waals surface area contributed by atoms with Crippen LogP contribution in [0, 0.1) is 0 Å². The third-order valence-electron chi connectivity index (χ3n) is 4.40. The molecule has 0 radical (unpaired) electrons. The molecule has 146 valence electrons. The summed E-state index contributed by atoms with van der Waals surface area (Å²) < 4.78 is 63.7. The second-order valence-electron chi connectivity index (χ2n) is 6.38. The SMILES string of the molecule is CN(CC(=O)O)C1CCN(S(=O)(=O)c2ccc(CC(F)(F)F)cc2)CC1. The lowest BCUT2D eigenvalue weighted by Gasteiger charge is -2.35. The normalized spacial score (nSPS) is 17.6. The van der Waals surface area contributed by atoms with Crippen LogP contribution in [0.25, 0.3) is 0 Å². The van der Waals surface area contributed by atoms with Gasteiger partial charge in [0.1, 0.15) is 0 Å². The molecule has 26 heavy (non-hydrogen) atoms. The zero-order chi connectivity index (χ0) is 19.5. The van der Waals surface area contributed by atoms with Crippen LogP contribution in [-0.4, -0.2) is 67.6 Å². The highest BCUT2D eigenvalue weighted by Gasteiger charge is 2.32. The maximum Gasteiger partial charge on any atom is 0.393 e. The summed E-state index contributed by atoms with van der Waals surface area (Å²) in [6.07, 6.45) is -4.46. The lowest BCUT2D eigenvalue weighted by Crippen LogP contribution is -2.46. The van der Waals surface area contributed by atoms with E-state index in [4.69, 9.17) is 5.11 Å². The molecule has 1 N–H and O–H groups in total. The standard InChI is InChI=1S/C16H21F3N2O4S/c1-20(11-15(22)23)13-6-8-21(9-7-13)26(24,25)14-4-2-12(3-5-14)10-16(17,18)19/h2-5,13H,6-11H2,1H3,(H,22,23). The van der Waals surface area contributed by atoms with Crippen molar-refractivity contribution in [1.29, 1.82) is 0 Å². The summed E-state index contributed by atoms with van der Waals surface area (Å²) in [6, 6.07) is 4.71. The molecule has 2 rings (SSSR count). The van der Waals surface area contributed by atoms with E-state index in [0.29, 0.717) is 12.8 Å². The molecule has 0 aromatic heterocycles. The number of likely N-dealkylation sites (N-methyl/N-ethyl adjacent to an activating group) is 1. The van der Waals surface area contributed by atoms with Gasteiger partial charge in [0.25, 0.3) is 0 Å². The molecule has 1 saturated heterocycles. The molecule has 0 atom stereocenters. The van der Waals surface area contributed by atoms with Gasteiger partial charge in [-0.15, -0.1) is 0 Å². The molecule has 1 aromatic carbocycles. The van der Waals surface area contributed by atoms with Gasteiger partial charge in [-0.3, -0.25) is 9.69 Å². The Morgan fingerprint density at radius 3 is 2.23 bits per heavy atom. The molecule has 0 saturated carbocycles. The van der Waals surface area contributed by atoms with Crippen LogP contribution in [0.4, 0.5) is 13.2 Å². The second-order valence-corrected chi connectivity index (χ2v) is 8.32. The molecule has 1 aliphatic rings. The Morgan fingerprint density at radius 1 is 1.23 bits per heavy atom. The van der Waals surface area contributed by atoms with Gasteiger partial charge >= 0.3 is 12.1 Å². The summed E-state index contributed by atoms with van der Waals surface area (Å²) in [5.41, 5.74) is 0.00505. The zero-order valence-electron chi connectivity index (χ0n) is 14.2. The van der Waals surface area contributed by atoms with Crippen molar-refractivity contribution >= 4 is 16.0 Å². The van der Waals surface area contributed by atoms with Crippen molar-refractivity contribution in [3.63, 3.8) is 0 Å². The van der Waals surface area contributed by atoms with Gasteiger partial charge in [0.15, 0.2) is 0 Å². The lowest BCUT2D eigenvalue weighted by atomic mass is 10.1. The molecule has 1 fully saturated rings. The number of halogens is 3. The van der Waals surface area contributed by atoms with Crippen LogP contribution in [0.15, 0.2) is 29.2 Å². The van der Waals surface area contributed by atoms with Crippen molar-refractivity contribution in [2.75, 3.05) is 26.7 Å². The summed E-state index contributed by atoms with van der Waals surface area (Å²) in [5.74, 6) is -0.943. The fourth-order valence-corrected chi connectivity index (χ4v) is 4.50. The molecule has 1 heterocycles. The first kappa shape index (κ1) is 20.7. The highest BCUT2D eigenvalue weighted by atomic mass is 32.2. The minimum atomic E-state index is -4.34. The summed E-state index contributed by atoms with van der Waals surface area (Å²) in [4.78, 5) is 12.4. The summed E-state index contributed by atoms with van der Waals surface area (Å²) in [7, 11) is -2.09. The molecule has 1 aliphatic heterocycles. The van der Waals surface area contributed by atoms with Gasteiger partial charge in [-0.2, -0.15) is 17.5 Å². The fourth-order valence-electron chi connectivity index (χ4n) is 3.03. The van der Waals surface area contributed by atoms with Crippen LogP contribution in [0.3, 0.4) is 0 Å². The van der Waals surface area contributed by atoms with Crippen LogP contribution < -0.4 is 0 Å². The molecule has 10 heteroatoms. The van der Waals surface area contributed by atoms with E-state index in [0.717, 1.165) is 0 Å². The number of alkyl halides is 3. The topological polar surface area (TPSA) is 77.9 Å². The molecular weight excluding hydrogens is 373 g/mol. The number of sulfonamides is 1. The van der Waals surface area contributed by atoms with E-state index in [2.05, 4.69) is 0 Å². The predicted molar refractivity (Wildman–Crippen MR) is 88.2 cm³/mol. The fraction of sp³-hybridized carbons (Fsp3) is 0.562. The van der Waals surface area contributed by atoms with Gasteiger partial charge in [0, 0.05) is 19.1 Å². The Labute approximate surface area is 150 Å². The Balaban J connectivity index is 2.01. The molecule has 0 aliphatic carbocycles. The van der Waals surface area contributed by atoms with Crippen LogP contribution in [0.2, 0.25) is 0 Å². The predicted octanol–water partition coefficient (Wildman–Crippen LogP) is 1.96. The van der Waals surface area contributed by atoms with Crippen molar-refractivity contribution < 1.29 is 31.5 Å². The lowest BCUT2D eigenvalue weighted by molar-refractivity contribution is -0.138. The minimum absolute atomic E-state index is 0.00505. The minimum Gasteiger partial charge on any atom is -0.480 e. The van der Waals surface area contributed by atoms with Crippen molar-refractivity contribution in [2.24, 2.45) is 0 Å². The molecule has 0 amide bonds. The quantitative estimate of drug-likeness (QED) is 0.798. The molecule has 6 nitrogen and oxygen atoms in total. The molecule has 0 bridgehead atoms. The number of hydrogen-bond acceptors (Lipinski definition) is 4. The number of carbonyl (C=O) groups is 1. The number of carboxylic acid groups (broad SMARTS) is 1. The largest absolute Gasteiger partial charge is 0.480 e. The Hall–Kier alpha value is -1.65. The number of hydrogen-bond donors (Lipinski definition) is 1.